The zero-order chi connectivity index (χ0) is 18.9. The molecule has 0 fully saturated rings. The number of aryl methyl sites for hydroxylation is 1. The van der Waals surface area contributed by atoms with E-state index in [0.29, 0.717) is 11.1 Å². The number of carbonyl (C=O) groups is 1. The number of hydrogen-bond donors (Lipinski definition) is 1. The molecule has 2 rings (SSSR count). The first-order chi connectivity index (χ1) is 11.5. The van der Waals surface area contributed by atoms with E-state index in [4.69, 9.17) is 11.6 Å². The van der Waals surface area contributed by atoms with E-state index < -0.39 is 26.6 Å². The van der Waals surface area contributed by atoms with E-state index >= 15 is 0 Å². The van der Waals surface area contributed by atoms with Crippen molar-refractivity contribution in [1.82, 2.24) is 0 Å². The average Bonchev–Trinajstić information content (AvgIpc) is 2.50. The molecule has 0 bridgehead atoms. The van der Waals surface area contributed by atoms with Crippen LogP contribution in [0, 0.1) is 24.0 Å². The molecule has 0 aliphatic rings. The zero-order valence-electron chi connectivity index (χ0n) is 13.1. The Hall–Kier alpha value is -2.65. The van der Waals surface area contributed by atoms with Gasteiger partial charge >= 0.3 is 0 Å². The molecule has 0 aromatic heterocycles. The second-order valence-corrected chi connectivity index (χ2v) is 7.29. The third kappa shape index (κ3) is 3.89. The second-order valence-electron chi connectivity index (χ2n) is 5.23. The summed E-state index contributed by atoms with van der Waals surface area (Å²) in [7, 11) is -4.18. The number of anilines is 1. The lowest BCUT2D eigenvalue weighted by atomic mass is 10.1. The van der Waals surface area contributed by atoms with Gasteiger partial charge in [0, 0.05) is 6.07 Å². The molecule has 0 atom stereocenters. The number of nitro benzene ring substituents is 1. The number of carboxylic acids is 1. The first kappa shape index (κ1) is 18.7. The van der Waals surface area contributed by atoms with Gasteiger partial charge in [-0.3, -0.25) is 14.8 Å². The Bertz CT molecular complexity index is 988. The maximum atomic E-state index is 12.6. The van der Waals surface area contributed by atoms with Gasteiger partial charge in [0.05, 0.1) is 21.5 Å². The lowest BCUT2D eigenvalue weighted by Gasteiger charge is -2.14. The van der Waals surface area contributed by atoms with Crippen molar-refractivity contribution in [1.29, 1.82) is 0 Å². The van der Waals surface area contributed by atoms with E-state index in [9.17, 15) is 28.4 Å². The van der Waals surface area contributed by atoms with Gasteiger partial charge in [-0.1, -0.05) is 11.6 Å². The quantitative estimate of drug-likeness (QED) is 0.621. The molecule has 10 heteroatoms. The third-order valence-corrected chi connectivity index (χ3v) is 5.37. The highest BCUT2D eigenvalue weighted by molar-refractivity contribution is 7.92. The summed E-state index contributed by atoms with van der Waals surface area (Å²) in [4.78, 5) is 20.9. The molecule has 0 saturated carbocycles. The molecule has 0 aliphatic heterocycles. The molecule has 8 nitrogen and oxygen atoms in total. The highest BCUT2D eigenvalue weighted by Crippen LogP contribution is 2.29. The van der Waals surface area contributed by atoms with E-state index in [1.54, 1.807) is 6.92 Å². The number of benzene rings is 2. The van der Waals surface area contributed by atoms with Gasteiger partial charge in [-0.15, -0.1) is 0 Å². The normalized spacial score (nSPS) is 11.2. The van der Waals surface area contributed by atoms with Crippen LogP contribution in [0.2, 0.25) is 5.02 Å². The smallest absolute Gasteiger partial charge is 0.289 e. The van der Waals surface area contributed by atoms with Gasteiger partial charge in [0.1, 0.15) is 5.02 Å². The Labute approximate surface area is 148 Å². The molecule has 132 valence electrons. The lowest BCUT2D eigenvalue weighted by Crippen LogP contribution is -2.24. The van der Waals surface area contributed by atoms with Crippen LogP contribution < -0.4 is 9.83 Å². The molecule has 2 aromatic rings. The molecule has 0 saturated heterocycles. The van der Waals surface area contributed by atoms with Crippen molar-refractivity contribution in [2.75, 3.05) is 4.72 Å². The Morgan fingerprint density at radius 3 is 2.40 bits per heavy atom. The molecule has 0 heterocycles. The molecule has 0 amide bonds. The van der Waals surface area contributed by atoms with Gasteiger partial charge in [-0.05, 0) is 54.8 Å². The van der Waals surface area contributed by atoms with Crippen LogP contribution in [0.3, 0.4) is 0 Å². The van der Waals surface area contributed by atoms with Crippen molar-refractivity contribution in [2.24, 2.45) is 0 Å². The number of nitrogens with one attached hydrogen (secondary N) is 1. The fourth-order valence-corrected chi connectivity index (χ4v) is 3.73. The van der Waals surface area contributed by atoms with Crippen molar-refractivity contribution in [3.63, 3.8) is 0 Å². The minimum Gasteiger partial charge on any atom is -0.545 e. The topological polar surface area (TPSA) is 129 Å². The molecule has 1 N–H and O–H groups in total. The number of carboxylic acid groups (broad SMARTS) is 1. The number of halogens is 1. The van der Waals surface area contributed by atoms with Crippen LogP contribution in [0.5, 0.6) is 0 Å². The summed E-state index contributed by atoms with van der Waals surface area (Å²) in [5.74, 6) is -1.51. The summed E-state index contributed by atoms with van der Waals surface area (Å²) in [6, 6.07) is 5.71. The fraction of sp³-hybridized carbons (Fsp3) is 0.133. The highest BCUT2D eigenvalue weighted by Gasteiger charge is 2.21. The Kier molecular flexibility index (Phi) is 5.00. The van der Waals surface area contributed by atoms with Crippen LogP contribution in [0.1, 0.15) is 21.5 Å². The van der Waals surface area contributed by atoms with Crippen LogP contribution >= 0.6 is 11.6 Å². The third-order valence-electron chi connectivity index (χ3n) is 3.54. The molecule has 2 aromatic carbocycles. The predicted molar refractivity (Wildman–Crippen MR) is 89.2 cm³/mol. The maximum Gasteiger partial charge on any atom is 0.289 e. The van der Waals surface area contributed by atoms with Gasteiger partial charge in [0.15, 0.2) is 0 Å². The van der Waals surface area contributed by atoms with Crippen LogP contribution in [-0.4, -0.2) is 19.3 Å². The Balaban J connectivity index is 2.52. The SMILES string of the molecule is Cc1cc(C(=O)[O-])cc(S(=O)(=O)Nc2ccc(Cl)c([N+](=O)[O-])c2)c1C. The molecule has 25 heavy (non-hydrogen) atoms. The molecule has 0 spiro atoms. The number of nitro groups is 1. The van der Waals surface area contributed by atoms with Crippen LogP contribution in [0.15, 0.2) is 35.2 Å². The standard InChI is InChI=1S/C15H13ClN2O6S/c1-8-5-10(15(19)20)6-14(9(8)2)25(23,24)17-11-3-4-12(16)13(7-11)18(21)22/h3-7,17H,1-2H3,(H,19,20)/p-1. The number of nitrogens with zero attached hydrogens (tertiary/aromatic N) is 1. The summed E-state index contributed by atoms with van der Waals surface area (Å²) in [6.45, 7) is 3.08. The van der Waals surface area contributed by atoms with Crippen LogP contribution in [0.4, 0.5) is 11.4 Å². The average molecular weight is 384 g/mol. The Morgan fingerprint density at radius 1 is 1.20 bits per heavy atom. The molecular formula is C15H12ClN2O6S-. The number of aromatic carboxylic acids is 1. The zero-order valence-corrected chi connectivity index (χ0v) is 14.6. The fourth-order valence-electron chi connectivity index (χ4n) is 2.15. The number of carbonyl (C=O) groups excluding carboxylic acids is 1. The monoisotopic (exact) mass is 383 g/mol. The number of hydrogen-bond acceptors (Lipinski definition) is 6. The van der Waals surface area contributed by atoms with Crippen molar-refractivity contribution in [3.05, 3.63) is 62.2 Å². The summed E-state index contributed by atoms with van der Waals surface area (Å²) in [5.41, 5.74) is -0.0269. The van der Waals surface area contributed by atoms with Crippen molar-refractivity contribution in [2.45, 2.75) is 18.7 Å². The molecular weight excluding hydrogens is 372 g/mol. The first-order valence-corrected chi connectivity index (χ1v) is 8.68. The molecule has 0 aliphatic carbocycles. The number of sulfonamides is 1. The van der Waals surface area contributed by atoms with E-state index in [-0.39, 0.29) is 21.2 Å². The molecule has 0 unspecified atom stereocenters. The summed E-state index contributed by atoms with van der Waals surface area (Å²) in [6.07, 6.45) is 0. The maximum absolute atomic E-state index is 12.6. The predicted octanol–water partition coefficient (Wildman–Crippen LogP) is 2.03. The lowest BCUT2D eigenvalue weighted by molar-refractivity contribution is -0.384. The van der Waals surface area contributed by atoms with E-state index in [2.05, 4.69) is 4.72 Å². The van der Waals surface area contributed by atoms with Gasteiger partial charge in [0.2, 0.25) is 0 Å². The van der Waals surface area contributed by atoms with E-state index in [1.165, 1.54) is 25.1 Å². The summed E-state index contributed by atoms with van der Waals surface area (Å²) >= 11 is 5.69. The van der Waals surface area contributed by atoms with Crippen LogP contribution in [0.25, 0.3) is 0 Å². The second kappa shape index (κ2) is 6.69. The van der Waals surface area contributed by atoms with Crippen molar-refractivity contribution < 1.29 is 23.2 Å². The minimum atomic E-state index is -4.18. The largest absolute Gasteiger partial charge is 0.545 e. The van der Waals surface area contributed by atoms with Gasteiger partial charge in [-0.25, -0.2) is 8.42 Å². The first-order valence-electron chi connectivity index (χ1n) is 6.82. The Morgan fingerprint density at radius 2 is 1.84 bits per heavy atom. The highest BCUT2D eigenvalue weighted by atomic mass is 35.5. The number of rotatable bonds is 5. The van der Waals surface area contributed by atoms with Crippen LogP contribution in [-0.2, 0) is 10.0 Å². The minimum absolute atomic E-state index is 0.0768. The van der Waals surface area contributed by atoms with Crippen molar-refractivity contribution in [3.8, 4) is 0 Å². The van der Waals surface area contributed by atoms with Gasteiger partial charge < -0.3 is 9.90 Å². The van der Waals surface area contributed by atoms with Gasteiger partial charge in [0.25, 0.3) is 15.7 Å². The molecule has 0 radical (unpaired) electrons. The van der Waals surface area contributed by atoms with Crippen molar-refractivity contribution >= 4 is 39.0 Å². The summed E-state index contributed by atoms with van der Waals surface area (Å²) < 4.78 is 27.4. The van der Waals surface area contributed by atoms with E-state index in [1.807, 2.05) is 0 Å². The summed E-state index contributed by atoms with van der Waals surface area (Å²) in [5, 5.41) is 21.8. The van der Waals surface area contributed by atoms with E-state index in [0.717, 1.165) is 12.1 Å². The van der Waals surface area contributed by atoms with Gasteiger partial charge in [-0.2, -0.15) is 0 Å².